The van der Waals surface area contributed by atoms with E-state index in [1.807, 2.05) is 0 Å². The molecule has 5 atom stereocenters. The number of hydrogen-bond donors (Lipinski definition) is 4. The van der Waals surface area contributed by atoms with Crippen LogP contribution in [0.25, 0.3) is 0 Å². The largest absolute Gasteiger partial charge is 0.472 e. The quantitative estimate of drug-likeness (QED) is 0.0146. The Kier molecular flexibility index (Phi) is 75.6. The van der Waals surface area contributed by atoms with Gasteiger partial charge in [-0.15, -0.1) is 0 Å². The molecule has 5 unspecified atom stereocenters. The Labute approximate surface area is 638 Å². The van der Waals surface area contributed by atoms with Gasteiger partial charge in [0, 0.05) is 19.3 Å². The van der Waals surface area contributed by atoms with Crippen molar-refractivity contribution >= 4 is 33.6 Å². The third-order valence-electron chi connectivity index (χ3n) is 17.0. The molecule has 0 fully saturated rings. The number of carbonyl (C=O) groups is 3. The average molecular weight is 1510 g/mol. The van der Waals surface area contributed by atoms with E-state index in [-0.39, 0.29) is 19.3 Å². The number of phosphoric ester groups is 2. The van der Waals surface area contributed by atoms with Crippen LogP contribution >= 0.6 is 15.6 Å². The summed E-state index contributed by atoms with van der Waals surface area (Å²) >= 11 is 0. The second-order valence-corrected chi connectivity index (χ2v) is 30.1. The summed E-state index contributed by atoms with van der Waals surface area (Å²) in [5.74, 6) is -1.61. The number of ether oxygens (including phenoxy) is 3. The van der Waals surface area contributed by atoms with Crippen LogP contribution in [-0.4, -0.2) is 95.9 Å². The summed E-state index contributed by atoms with van der Waals surface area (Å²) in [7, 11) is -9.81. The Bertz CT molecular complexity index is 2490. The van der Waals surface area contributed by atoms with Gasteiger partial charge in [-0.1, -0.05) is 314 Å². The highest BCUT2D eigenvalue weighted by Crippen LogP contribution is 2.45. The highest BCUT2D eigenvalue weighted by Gasteiger charge is 2.29. The van der Waals surface area contributed by atoms with Gasteiger partial charge in [-0.2, -0.15) is 0 Å². The molecule has 0 amide bonds. The Morgan fingerprint density at radius 2 is 0.505 bits per heavy atom. The van der Waals surface area contributed by atoms with E-state index < -0.39 is 91.5 Å². The van der Waals surface area contributed by atoms with Crippen molar-refractivity contribution in [1.29, 1.82) is 0 Å². The molecule has 0 saturated carbocycles. The fraction of sp³-hybridized carbons (Fsp3) is 0.690. The highest BCUT2D eigenvalue weighted by atomic mass is 31.2. The number of carbonyl (C=O) groups excluding carboxylic acids is 3. The van der Waals surface area contributed by atoms with Crippen LogP contribution in [0.2, 0.25) is 0 Å². The third kappa shape index (κ3) is 80.3. The number of allylic oxidation sites excluding steroid dienone is 24. The van der Waals surface area contributed by atoms with Gasteiger partial charge in [-0.3, -0.25) is 32.5 Å². The number of aliphatic hydroxyl groups excluding tert-OH is 2. The van der Waals surface area contributed by atoms with Crippen LogP contribution in [0.5, 0.6) is 0 Å². The topological polar surface area (TPSA) is 231 Å². The van der Waals surface area contributed by atoms with Crippen molar-refractivity contribution < 1.29 is 75.8 Å². The van der Waals surface area contributed by atoms with Crippen LogP contribution < -0.4 is 0 Å². The van der Waals surface area contributed by atoms with E-state index in [0.717, 1.165) is 167 Å². The summed E-state index contributed by atoms with van der Waals surface area (Å²) in [4.78, 5) is 58.7. The molecule has 105 heavy (non-hydrogen) atoms. The summed E-state index contributed by atoms with van der Waals surface area (Å²) in [6.07, 6.45) is 97.6. The van der Waals surface area contributed by atoms with Crippen molar-refractivity contribution in [2.75, 3.05) is 39.6 Å². The predicted molar refractivity (Wildman–Crippen MR) is 436 cm³/mol. The number of rotatable bonds is 77. The van der Waals surface area contributed by atoms with Crippen molar-refractivity contribution in [3.05, 3.63) is 146 Å². The van der Waals surface area contributed by atoms with Gasteiger partial charge >= 0.3 is 33.6 Å². The minimum absolute atomic E-state index is 0.0787. The molecule has 4 N–H and O–H groups in total. The molecule has 0 aromatic carbocycles. The Balaban J connectivity index is 4.51. The molecule has 602 valence electrons. The molecule has 16 nitrogen and oxygen atoms in total. The molecule has 0 aliphatic carbocycles. The molecule has 18 heteroatoms. The fourth-order valence-corrected chi connectivity index (χ4v) is 12.4. The molecular weight excluding hydrogens is 1360 g/mol. The molecule has 0 saturated heterocycles. The van der Waals surface area contributed by atoms with Gasteiger partial charge in [0.2, 0.25) is 0 Å². The molecule has 0 aliphatic heterocycles. The van der Waals surface area contributed by atoms with Gasteiger partial charge in [0.05, 0.1) is 26.4 Å². The van der Waals surface area contributed by atoms with Crippen LogP contribution in [0.15, 0.2) is 146 Å². The number of esters is 3. The molecule has 0 bridgehead atoms. The molecule has 0 radical (unpaired) electrons. The summed E-state index contributed by atoms with van der Waals surface area (Å²) in [5, 5.41) is 20.7. The third-order valence-corrected chi connectivity index (χ3v) is 18.9. The number of unbranched alkanes of at least 4 members (excludes halogenated alkanes) is 30. The zero-order valence-corrected chi connectivity index (χ0v) is 67.6. The van der Waals surface area contributed by atoms with Crippen LogP contribution in [0.1, 0.15) is 329 Å². The van der Waals surface area contributed by atoms with Crippen molar-refractivity contribution in [3.63, 3.8) is 0 Å². The van der Waals surface area contributed by atoms with Gasteiger partial charge in [-0.25, -0.2) is 9.13 Å². The van der Waals surface area contributed by atoms with E-state index in [4.69, 9.17) is 32.3 Å². The molecule has 0 rings (SSSR count). The van der Waals surface area contributed by atoms with Crippen molar-refractivity contribution in [3.8, 4) is 0 Å². The maximum absolute atomic E-state index is 13.0. The SMILES string of the molecule is CC/C=C\C/C=C\C/C=C\C/C=C\C/C=C\CCCCCCCCCC(=O)OCC(COP(=O)(O)OCC(O)COP(=O)(O)OCC(O)COC(=O)CCCCCCCCCCCCCCCCC/C=C\C/C=C\C/C=C\C/C=C\CCCCC)OC(=O)CCCCCCC/C=C\C/C=C\C/C=C\CC. The Hall–Kier alpha value is -4.57. The van der Waals surface area contributed by atoms with E-state index in [0.29, 0.717) is 19.3 Å². The summed E-state index contributed by atoms with van der Waals surface area (Å²) < 4.78 is 61.2. The minimum Gasteiger partial charge on any atom is -0.463 e. The van der Waals surface area contributed by atoms with Gasteiger partial charge in [0.25, 0.3) is 0 Å². The van der Waals surface area contributed by atoms with Crippen molar-refractivity contribution in [2.45, 2.75) is 347 Å². The lowest BCUT2D eigenvalue weighted by Crippen LogP contribution is -2.30. The number of phosphoric acid groups is 2. The first kappa shape index (κ1) is 100. The van der Waals surface area contributed by atoms with Crippen LogP contribution in [-0.2, 0) is 55.8 Å². The van der Waals surface area contributed by atoms with E-state index in [2.05, 4.69) is 167 Å². The lowest BCUT2D eigenvalue weighted by Gasteiger charge is -2.21. The van der Waals surface area contributed by atoms with E-state index in [1.54, 1.807) is 0 Å². The Morgan fingerprint density at radius 3 is 0.800 bits per heavy atom. The molecule has 0 aromatic heterocycles. The average Bonchev–Trinajstić information content (AvgIpc) is 0.920. The van der Waals surface area contributed by atoms with Crippen LogP contribution in [0.4, 0.5) is 0 Å². The number of hydrogen-bond acceptors (Lipinski definition) is 14. The minimum atomic E-state index is -4.94. The maximum atomic E-state index is 13.0. The lowest BCUT2D eigenvalue weighted by molar-refractivity contribution is -0.161. The maximum Gasteiger partial charge on any atom is 0.472 e. The molecule has 0 spiro atoms. The second kappa shape index (κ2) is 79.0. The van der Waals surface area contributed by atoms with E-state index >= 15 is 0 Å². The predicted octanol–water partition coefficient (Wildman–Crippen LogP) is 24.4. The molecule has 0 aromatic rings. The first-order valence-electron chi connectivity index (χ1n) is 41.1. The molecular formula is C87H148O16P2. The zero-order chi connectivity index (χ0) is 76.6. The van der Waals surface area contributed by atoms with Crippen molar-refractivity contribution in [2.24, 2.45) is 0 Å². The number of aliphatic hydroxyl groups is 2. The highest BCUT2D eigenvalue weighted by molar-refractivity contribution is 7.47. The van der Waals surface area contributed by atoms with Gasteiger partial charge in [0.1, 0.15) is 25.4 Å². The summed E-state index contributed by atoms with van der Waals surface area (Å²) in [5.41, 5.74) is 0. The summed E-state index contributed by atoms with van der Waals surface area (Å²) in [6.45, 7) is 2.41. The van der Waals surface area contributed by atoms with Gasteiger partial charge in [-0.05, 0) is 141 Å². The molecule has 0 heterocycles. The second-order valence-electron chi connectivity index (χ2n) is 27.2. The summed E-state index contributed by atoms with van der Waals surface area (Å²) in [6, 6.07) is 0. The van der Waals surface area contributed by atoms with Gasteiger partial charge < -0.3 is 34.2 Å². The van der Waals surface area contributed by atoms with Crippen LogP contribution in [0.3, 0.4) is 0 Å². The zero-order valence-electron chi connectivity index (χ0n) is 65.9. The molecule has 0 aliphatic rings. The lowest BCUT2D eigenvalue weighted by atomic mass is 10.0. The van der Waals surface area contributed by atoms with E-state index in [9.17, 15) is 43.5 Å². The smallest absolute Gasteiger partial charge is 0.463 e. The first-order valence-corrected chi connectivity index (χ1v) is 44.1. The first-order chi connectivity index (χ1) is 51.2. The van der Waals surface area contributed by atoms with Gasteiger partial charge in [0.15, 0.2) is 6.10 Å². The standard InChI is InChI=1S/C87H148O16P2/c1-4-7-10-13-16-19-22-25-28-30-32-34-36-37-38-39-40-41-42-43-45-47-48-50-53-55-58-61-64-67-70-73-85(90)97-76-82(88)77-99-104(93,94)100-78-83(89)79-101-105(95,96)102-81-84(103-87(92)75-72-69-66-63-60-57-52-27-24-21-18-15-12-9-6-3)80-98-86(91)74-71-68-65-62-59-56-54-51-49-46-44-35-33-31-29-26-23-20-17-14-11-8-5-2/h8-9,11-12,16-21,25-29,32-35,37-38,46,49,52,82-84,88-89H,4-7,10,13-15,22-24,30-31,36,39-45,47-48,50-51,53-81H2,1-3H3,(H,93,94)(H,95,96)/b11-8-,12-9-,19-16-,20-17-,21-18-,28-25-,29-26-,34-32-,35-33-,38-37-,49-46-,52-27-. The van der Waals surface area contributed by atoms with Crippen LogP contribution in [0, 0.1) is 0 Å². The Morgan fingerprint density at radius 1 is 0.276 bits per heavy atom. The fourth-order valence-electron chi connectivity index (χ4n) is 10.8. The van der Waals surface area contributed by atoms with Crippen molar-refractivity contribution in [1.82, 2.24) is 0 Å². The monoisotopic (exact) mass is 1510 g/mol. The van der Waals surface area contributed by atoms with E-state index in [1.165, 1.54) is 103 Å². The normalized spacial score (nSPS) is 14.7.